The van der Waals surface area contributed by atoms with Crippen molar-refractivity contribution in [3.63, 3.8) is 0 Å². The SMILES string of the molecule is Cc1ccc(N2C(=O)N(CC(=O)Nc3cccc(C)c3C)C(=O)[C@@H]2C)cc1. The Morgan fingerprint density at radius 2 is 1.70 bits per heavy atom. The second-order valence-corrected chi connectivity index (χ2v) is 6.88. The molecular formula is C21H23N3O3. The summed E-state index contributed by atoms with van der Waals surface area (Å²) in [6.07, 6.45) is 0. The van der Waals surface area contributed by atoms with Crippen LogP contribution in [0.5, 0.6) is 0 Å². The summed E-state index contributed by atoms with van der Waals surface area (Å²) >= 11 is 0. The van der Waals surface area contributed by atoms with Crippen molar-refractivity contribution in [2.24, 2.45) is 0 Å². The number of nitrogens with one attached hydrogen (secondary N) is 1. The summed E-state index contributed by atoms with van der Waals surface area (Å²) in [4.78, 5) is 40.2. The fraction of sp³-hybridized carbons (Fsp3) is 0.286. The van der Waals surface area contributed by atoms with E-state index in [-0.39, 0.29) is 12.5 Å². The molecule has 1 fully saturated rings. The summed E-state index contributed by atoms with van der Waals surface area (Å²) in [6.45, 7) is 7.19. The maximum atomic E-state index is 12.8. The Morgan fingerprint density at radius 1 is 1.04 bits per heavy atom. The van der Waals surface area contributed by atoms with Crippen LogP contribution < -0.4 is 10.2 Å². The van der Waals surface area contributed by atoms with Gasteiger partial charge in [0.2, 0.25) is 5.91 Å². The van der Waals surface area contributed by atoms with Gasteiger partial charge in [-0.25, -0.2) is 4.79 Å². The molecule has 4 amide bonds. The normalized spacial score (nSPS) is 16.8. The van der Waals surface area contributed by atoms with Crippen LogP contribution in [-0.2, 0) is 9.59 Å². The van der Waals surface area contributed by atoms with Crippen LogP contribution >= 0.6 is 0 Å². The fourth-order valence-corrected chi connectivity index (χ4v) is 3.13. The maximum Gasteiger partial charge on any atom is 0.332 e. The quantitative estimate of drug-likeness (QED) is 0.844. The van der Waals surface area contributed by atoms with E-state index in [1.807, 2.05) is 45.0 Å². The molecule has 0 radical (unpaired) electrons. The van der Waals surface area contributed by atoms with E-state index in [9.17, 15) is 14.4 Å². The van der Waals surface area contributed by atoms with Crippen molar-refractivity contribution in [2.75, 3.05) is 16.8 Å². The zero-order valence-corrected chi connectivity index (χ0v) is 15.9. The molecule has 0 saturated carbocycles. The molecule has 1 aliphatic rings. The number of anilines is 2. The van der Waals surface area contributed by atoms with Crippen molar-refractivity contribution in [1.82, 2.24) is 4.90 Å². The predicted molar refractivity (Wildman–Crippen MR) is 105 cm³/mol. The predicted octanol–water partition coefficient (Wildman–Crippen LogP) is 3.41. The van der Waals surface area contributed by atoms with Gasteiger partial charge in [-0.1, -0.05) is 29.8 Å². The van der Waals surface area contributed by atoms with Crippen LogP contribution in [0.1, 0.15) is 23.6 Å². The molecule has 1 aliphatic heterocycles. The van der Waals surface area contributed by atoms with Gasteiger partial charge in [-0.3, -0.25) is 19.4 Å². The highest BCUT2D eigenvalue weighted by Crippen LogP contribution is 2.26. The van der Waals surface area contributed by atoms with Gasteiger partial charge in [-0.05, 0) is 57.0 Å². The van der Waals surface area contributed by atoms with E-state index in [0.717, 1.165) is 21.6 Å². The van der Waals surface area contributed by atoms with Crippen molar-refractivity contribution >= 4 is 29.2 Å². The third-order valence-corrected chi connectivity index (χ3v) is 4.94. The number of urea groups is 1. The lowest BCUT2D eigenvalue weighted by atomic mass is 10.1. The van der Waals surface area contributed by atoms with Crippen molar-refractivity contribution in [2.45, 2.75) is 33.7 Å². The highest BCUT2D eigenvalue weighted by molar-refractivity contribution is 6.16. The Labute approximate surface area is 158 Å². The molecule has 0 unspecified atom stereocenters. The van der Waals surface area contributed by atoms with Crippen molar-refractivity contribution in [3.8, 4) is 0 Å². The third kappa shape index (κ3) is 3.56. The minimum absolute atomic E-state index is 0.308. The van der Waals surface area contributed by atoms with Crippen molar-refractivity contribution < 1.29 is 14.4 Å². The molecule has 0 aliphatic carbocycles. The van der Waals surface area contributed by atoms with Crippen LogP contribution in [0, 0.1) is 20.8 Å². The molecule has 3 rings (SSSR count). The lowest BCUT2D eigenvalue weighted by molar-refractivity contribution is -0.130. The largest absolute Gasteiger partial charge is 0.332 e. The monoisotopic (exact) mass is 365 g/mol. The smallest absolute Gasteiger partial charge is 0.324 e. The summed E-state index contributed by atoms with van der Waals surface area (Å²) in [7, 11) is 0. The van der Waals surface area contributed by atoms with Gasteiger partial charge in [0, 0.05) is 11.4 Å². The Kier molecular flexibility index (Phi) is 4.99. The molecule has 140 valence electrons. The van der Waals surface area contributed by atoms with Gasteiger partial charge in [0.15, 0.2) is 0 Å². The number of imide groups is 1. The molecule has 0 bridgehead atoms. The zero-order chi connectivity index (χ0) is 19.7. The van der Waals surface area contributed by atoms with E-state index in [1.165, 1.54) is 4.90 Å². The number of hydrogen-bond donors (Lipinski definition) is 1. The summed E-state index contributed by atoms with van der Waals surface area (Å²) < 4.78 is 0. The van der Waals surface area contributed by atoms with Crippen LogP contribution in [0.15, 0.2) is 42.5 Å². The molecule has 2 aromatic rings. The molecule has 6 nitrogen and oxygen atoms in total. The van der Waals surface area contributed by atoms with Gasteiger partial charge in [0.05, 0.1) is 0 Å². The Morgan fingerprint density at radius 3 is 2.37 bits per heavy atom. The van der Waals surface area contributed by atoms with Crippen LogP contribution in [0.4, 0.5) is 16.2 Å². The first kappa shape index (κ1) is 18.6. The van der Waals surface area contributed by atoms with E-state index in [2.05, 4.69) is 5.32 Å². The standard InChI is InChI=1S/C21H23N3O3/c1-13-8-10-17(11-9-13)24-16(4)20(26)23(21(24)27)12-19(25)22-18-7-5-6-14(2)15(18)3/h5-11,16H,12H2,1-4H3,(H,22,25)/t16-/m0/s1. The topological polar surface area (TPSA) is 69.7 Å². The number of benzene rings is 2. The number of amides is 4. The summed E-state index contributed by atoms with van der Waals surface area (Å²) in [5.41, 5.74) is 4.40. The molecule has 6 heteroatoms. The second-order valence-electron chi connectivity index (χ2n) is 6.88. The number of aryl methyl sites for hydroxylation is 2. The fourth-order valence-electron chi connectivity index (χ4n) is 3.13. The summed E-state index contributed by atoms with van der Waals surface area (Å²) in [5, 5.41) is 2.79. The van der Waals surface area contributed by atoms with Gasteiger partial charge in [-0.15, -0.1) is 0 Å². The van der Waals surface area contributed by atoms with Gasteiger partial charge in [0.1, 0.15) is 12.6 Å². The third-order valence-electron chi connectivity index (χ3n) is 4.94. The average molecular weight is 365 g/mol. The Bertz CT molecular complexity index is 905. The zero-order valence-electron chi connectivity index (χ0n) is 15.9. The molecule has 27 heavy (non-hydrogen) atoms. The number of nitrogens with zero attached hydrogens (tertiary/aromatic N) is 2. The minimum atomic E-state index is -0.645. The average Bonchev–Trinajstić information content (AvgIpc) is 2.83. The molecule has 1 N–H and O–H groups in total. The van der Waals surface area contributed by atoms with E-state index < -0.39 is 18.0 Å². The number of carbonyl (C=O) groups is 3. The van der Waals surface area contributed by atoms with Crippen molar-refractivity contribution in [1.29, 1.82) is 0 Å². The first-order valence-electron chi connectivity index (χ1n) is 8.87. The maximum absolute atomic E-state index is 12.8. The highest BCUT2D eigenvalue weighted by atomic mass is 16.2. The Balaban J connectivity index is 1.75. The molecule has 0 aromatic heterocycles. The number of carbonyl (C=O) groups excluding carboxylic acids is 3. The highest BCUT2D eigenvalue weighted by Gasteiger charge is 2.44. The van der Waals surface area contributed by atoms with E-state index in [1.54, 1.807) is 25.1 Å². The summed E-state index contributed by atoms with van der Waals surface area (Å²) in [6, 6.07) is 11.9. The molecule has 1 saturated heterocycles. The van der Waals surface area contributed by atoms with Crippen molar-refractivity contribution in [3.05, 3.63) is 59.2 Å². The van der Waals surface area contributed by atoms with Gasteiger partial charge < -0.3 is 5.32 Å². The number of hydrogen-bond acceptors (Lipinski definition) is 3. The van der Waals surface area contributed by atoms with E-state index in [4.69, 9.17) is 0 Å². The lowest BCUT2D eigenvalue weighted by Gasteiger charge is -2.19. The molecular weight excluding hydrogens is 342 g/mol. The van der Waals surface area contributed by atoms with Gasteiger partial charge in [-0.2, -0.15) is 0 Å². The van der Waals surface area contributed by atoms with E-state index >= 15 is 0 Å². The first-order valence-corrected chi connectivity index (χ1v) is 8.87. The number of rotatable bonds is 4. The van der Waals surface area contributed by atoms with Crippen LogP contribution in [0.2, 0.25) is 0 Å². The van der Waals surface area contributed by atoms with E-state index in [0.29, 0.717) is 11.4 Å². The molecule has 2 aromatic carbocycles. The second kappa shape index (κ2) is 7.23. The molecule has 1 heterocycles. The molecule has 1 atom stereocenters. The van der Waals surface area contributed by atoms with Crippen LogP contribution in [0.3, 0.4) is 0 Å². The van der Waals surface area contributed by atoms with Gasteiger partial charge in [0.25, 0.3) is 5.91 Å². The van der Waals surface area contributed by atoms with Crippen LogP contribution in [0.25, 0.3) is 0 Å². The first-order chi connectivity index (χ1) is 12.8. The lowest BCUT2D eigenvalue weighted by Crippen LogP contribution is -2.39. The molecule has 0 spiro atoms. The minimum Gasteiger partial charge on any atom is -0.324 e. The van der Waals surface area contributed by atoms with Crippen LogP contribution in [-0.4, -0.2) is 35.3 Å². The van der Waals surface area contributed by atoms with Gasteiger partial charge >= 0.3 is 6.03 Å². The summed E-state index contributed by atoms with van der Waals surface area (Å²) in [5.74, 6) is -0.778. The Hall–Kier alpha value is -3.15.